The monoisotopic (exact) mass is 561 g/mol. The largest absolute Gasteiger partial charge is 0.416 e. The number of hydrogen-bond donors (Lipinski definition) is 3. The first-order chi connectivity index (χ1) is 18.2. The number of aryl methyl sites for hydroxylation is 1. The summed E-state index contributed by atoms with van der Waals surface area (Å²) in [6, 6.07) is 7.15. The molecule has 5 rings (SSSR count). The van der Waals surface area contributed by atoms with Crippen molar-refractivity contribution in [3.63, 3.8) is 0 Å². The van der Waals surface area contributed by atoms with Gasteiger partial charge in [-0.2, -0.15) is 23.5 Å². The zero-order valence-corrected chi connectivity index (χ0v) is 20.2. The number of benzene rings is 3. The van der Waals surface area contributed by atoms with Gasteiger partial charge in [0.15, 0.2) is 11.4 Å². The fourth-order valence-corrected chi connectivity index (χ4v) is 4.82. The van der Waals surface area contributed by atoms with Crippen molar-refractivity contribution in [3.05, 3.63) is 92.6 Å². The summed E-state index contributed by atoms with van der Waals surface area (Å²) in [6.07, 6.45) is -4.96. The van der Waals surface area contributed by atoms with Gasteiger partial charge in [0.1, 0.15) is 17.7 Å². The van der Waals surface area contributed by atoms with Crippen LogP contribution in [0.4, 0.5) is 27.6 Å². The van der Waals surface area contributed by atoms with Gasteiger partial charge in [-0.25, -0.2) is 8.78 Å². The zero-order valence-electron chi connectivity index (χ0n) is 19.4. The second-order valence-electron chi connectivity index (χ2n) is 8.62. The summed E-state index contributed by atoms with van der Waals surface area (Å²) in [4.78, 5) is 26.3. The molecule has 0 saturated heterocycles. The van der Waals surface area contributed by atoms with Crippen molar-refractivity contribution in [1.29, 1.82) is 5.26 Å². The van der Waals surface area contributed by atoms with Crippen LogP contribution in [0.5, 0.6) is 0 Å². The average Bonchev–Trinajstić information content (AvgIpc) is 3.32. The predicted molar refractivity (Wildman–Crippen MR) is 127 cm³/mol. The molecule has 2 heterocycles. The molecule has 3 aromatic carbocycles. The van der Waals surface area contributed by atoms with Gasteiger partial charge in [0.05, 0.1) is 22.3 Å². The van der Waals surface area contributed by atoms with E-state index < -0.39 is 46.5 Å². The number of carbonyl (C=O) groups is 2. The Morgan fingerprint density at radius 2 is 1.90 bits per heavy atom. The lowest BCUT2D eigenvalue weighted by atomic mass is 9.90. The summed E-state index contributed by atoms with van der Waals surface area (Å²) in [6.45, 7) is 0. The number of hydrogen-bond acceptors (Lipinski definition) is 5. The maximum Gasteiger partial charge on any atom is 0.416 e. The van der Waals surface area contributed by atoms with Crippen molar-refractivity contribution in [2.24, 2.45) is 7.05 Å². The van der Waals surface area contributed by atoms with Crippen LogP contribution in [-0.4, -0.2) is 26.7 Å². The van der Waals surface area contributed by atoms with Gasteiger partial charge in [-0.15, -0.1) is 0 Å². The highest BCUT2D eigenvalue weighted by atomic mass is 35.5. The van der Waals surface area contributed by atoms with Crippen molar-refractivity contribution >= 4 is 40.0 Å². The SMILES string of the molecule is Cn1nc(C#N)c2cc(NC(=O)c3cc(F)cc(C(F)(F)F)c3)c3c(c21)C(=O)NC3(O)c1cc(F)ccc1Cl. The Hall–Kier alpha value is -4.54. The molecule has 1 aliphatic rings. The number of rotatable bonds is 3. The number of aliphatic hydroxyl groups is 1. The number of nitrogens with zero attached hydrogens (tertiary/aromatic N) is 3. The molecule has 14 heteroatoms. The lowest BCUT2D eigenvalue weighted by Crippen LogP contribution is -2.41. The third kappa shape index (κ3) is 4.14. The third-order valence-corrected chi connectivity index (χ3v) is 6.50. The molecule has 198 valence electrons. The minimum atomic E-state index is -4.96. The molecule has 1 unspecified atom stereocenters. The second kappa shape index (κ2) is 8.75. The molecule has 0 fully saturated rings. The highest BCUT2D eigenvalue weighted by Crippen LogP contribution is 2.46. The summed E-state index contributed by atoms with van der Waals surface area (Å²) in [5.41, 5.74) is -6.10. The average molecular weight is 562 g/mol. The van der Waals surface area contributed by atoms with Crippen LogP contribution in [0.15, 0.2) is 42.5 Å². The van der Waals surface area contributed by atoms with Crippen molar-refractivity contribution in [1.82, 2.24) is 15.1 Å². The number of alkyl halides is 3. The maximum atomic E-state index is 14.2. The van der Waals surface area contributed by atoms with Gasteiger partial charge < -0.3 is 15.7 Å². The first-order valence-electron chi connectivity index (χ1n) is 10.9. The summed E-state index contributed by atoms with van der Waals surface area (Å²) in [5.74, 6) is -4.32. The minimum absolute atomic E-state index is 0.0500. The number of anilines is 1. The summed E-state index contributed by atoms with van der Waals surface area (Å²) >= 11 is 6.21. The van der Waals surface area contributed by atoms with E-state index in [1.807, 2.05) is 6.07 Å². The molecule has 1 atom stereocenters. The van der Waals surface area contributed by atoms with E-state index >= 15 is 0 Å². The van der Waals surface area contributed by atoms with Crippen LogP contribution in [0.3, 0.4) is 0 Å². The molecule has 0 bridgehead atoms. The van der Waals surface area contributed by atoms with E-state index in [0.29, 0.717) is 12.1 Å². The van der Waals surface area contributed by atoms with Crippen LogP contribution in [-0.2, 0) is 18.9 Å². The van der Waals surface area contributed by atoms with Crippen LogP contribution in [0.2, 0.25) is 5.02 Å². The number of amides is 2. The first-order valence-corrected chi connectivity index (χ1v) is 11.3. The Morgan fingerprint density at radius 1 is 1.18 bits per heavy atom. The molecule has 1 aromatic heterocycles. The lowest BCUT2D eigenvalue weighted by Gasteiger charge is -2.27. The summed E-state index contributed by atoms with van der Waals surface area (Å²) in [5, 5.41) is 29.7. The molecule has 39 heavy (non-hydrogen) atoms. The topological polar surface area (TPSA) is 120 Å². The minimum Gasteiger partial charge on any atom is -0.363 e. The van der Waals surface area contributed by atoms with E-state index in [1.165, 1.54) is 17.8 Å². The summed E-state index contributed by atoms with van der Waals surface area (Å²) in [7, 11) is 1.41. The third-order valence-electron chi connectivity index (χ3n) is 6.17. The molecule has 0 aliphatic carbocycles. The molecule has 3 N–H and O–H groups in total. The van der Waals surface area contributed by atoms with Crippen molar-refractivity contribution in [3.8, 4) is 6.07 Å². The van der Waals surface area contributed by atoms with Gasteiger partial charge in [0.25, 0.3) is 11.8 Å². The molecule has 0 radical (unpaired) electrons. The maximum absolute atomic E-state index is 14.2. The summed E-state index contributed by atoms with van der Waals surface area (Å²) < 4.78 is 69.0. The molecule has 2 amide bonds. The van der Waals surface area contributed by atoms with Gasteiger partial charge in [0.2, 0.25) is 0 Å². The van der Waals surface area contributed by atoms with Gasteiger partial charge in [-0.3, -0.25) is 14.3 Å². The van der Waals surface area contributed by atoms with Gasteiger partial charge in [-0.05, 0) is 42.5 Å². The van der Waals surface area contributed by atoms with E-state index in [-0.39, 0.29) is 50.1 Å². The molecule has 1 aliphatic heterocycles. The van der Waals surface area contributed by atoms with Gasteiger partial charge in [0, 0.05) is 34.1 Å². The Kier molecular flexibility index (Phi) is 5.85. The molecular weight excluding hydrogens is 549 g/mol. The molecule has 8 nitrogen and oxygen atoms in total. The molecule has 0 saturated carbocycles. The molecule has 4 aromatic rings. The van der Waals surface area contributed by atoms with Crippen molar-refractivity contribution in [2.45, 2.75) is 11.9 Å². The normalized spacial score (nSPS) is 16.6. The number of aromatic nitrogens is 2. The Labute approximate surface area is 220 Å². The second-order valence-corrected chi connectivity index (χ2v) is 9.03. The highest BCUT2D eigenvalue weighted by molar-refractivity contribution is 6.31. The van der Waals surface area contributed by atoms with Gasteiger partial charge in [-0.1, -0.05) is 11.6 Å². The fourth-order valence-electron chi connectivity index (χ4n) is 4.57. The standard InChI is InChI=1S/C25H13ClF5N5O3/c1-36-21-14(18(9-32)35-36)8-17(33-22(37)10-4-11(25(29,30)31)6-13(28)5-10)20-19(21)23(38)34-24(20,39)15-7-12(27)2-3-16(15)26/h2-8,39H,1H3,(H,33,37)(H,34,38). The smallest absolute Gasteiger partial charge is 0.363 e. The van der Waals surface area contributed by atoms with Crippen LogP contribution < -0.4 is 10.6 Å². The fraction of sp³-hybridized carbons (Fsp3) is 0.120. The van der Waals surface area contributed by atoms with E-state index in [2.05, 4.69) is 15.7 Å². The van der Waals surface area contributed by atoms with Crippen LogP contribution >= 0.6 is 11.6 Å². The Morgan fingerprint density at radius 3 is 2.56 bits per heavy atom. The van der Waals surface area contributed by atoms with E-state index in [4.69, 9.17) is 11.6 Å². The molecule has 0 spiro atoms. The number of halogens is 6. The molecular formula is C25H13ClF5N5O3. The van der Waals surface area contributed by atoms with E-state index in [0.717, 1.165) is 18.2 Å². The Balaban J connectivity index is 1.77. The number of fused-ring (bicyclic) bond motifs is 3. The van der Waals surface area contributed by atoms with Crippen LogP contribution in [0.25, 0.3) is 10.9 Å². The van der Waals surface area contributed by atoms with E-state index in [9.17, 15) is 41.9 Å². The Bertz CT molecular complexity index is 1780. The number of carbonyl (C=O) groups excluding carboxylic acids is 2. The van der Waals surface area contributed by atoms with Crippen molar-refractivity contribution in [2.75, 3.05) is 5.32 Å². The van der Waals surface area contributed by atoms with Crippen LogP contribution in [0, 0.1) is 23.0 Å². The zero-order chi connectivity index (χ0) is 28.4. The van der Waals surface area contributed by atoms with Crippen LogP contribution in [0.1, 0.15) is 43.1 Å². The van der Waals surface area contributed by atoms with Gasteiger partial charge >= 0.3 is 6.18 Å². The number of nitriles is 1. The highest BCUT2D eigenvalue weighted by Gasteiger charge is 2.48. The van der Waals surface area contributed by atoms with E-state index in [1.54, 1.807) is 0 Å². The predicted octanol–water partition coefficient (Wildman–Crippen LogP) is 4.58. The quantitative estimate of drug-likeness (QED) is 0.316. The first kappa shape index (κ1) is 26.1. The number of nitrogens with one attached hydrogen (secondary N) is 2. The lowest BCUT2D eigenvalue weighted by molar-refractivity contribution is -0.137. The van der Waals surface area contributed by atoms with Crippen molar-refractivity contribution < 1.29 is 36.6 Å².